The van der Waals surface area contributed by atoms with Gasteiger partial charge in [-0.3, -0.25) is 0 Å². The van der Waals surface area contributed by atoms with Gasteiger partial charge in [-0.15, -0.1) is 0 Å². The van der Waals surface area contributed by atoms with Crippen LogP contribution in [0, 0.1) is 5.82 Å². The lowest BCUT2D eigenvalue weighted by molar-refractivity contribution is 0.585. The van der Waals surface area contributed by atoms with Gasteiger partial charge < -0.3 is 5.32 Å². The van der Waals surface area contributed by atoms with Crippen molar-refractivity contribution in [3.05, 3.63) is 76.0 Å². The van der Waals surface area contributed by atoms with Crippen LogP contribution in [0.15, 0.2) is 59.1 Å². The molecular formula is C16H11BrFN5. The van der Waals surface area contributed by atoms with Gasteiger partial charge in [0.05, 0.1) is 0 Å². The molecule has 0 unspecified atom stereocenters. The minimum Gasteiger partial charge on any atom is -0.323 e. The molecule has 2 aromatic carbocycles. The van der Waals surface area contributed by atoms with Crippen LogP contribution in [0.3, 0.4) is 0 Å². The molecule has 0 amide bonds. The molecule has 0 bridgehead atoms. The summed E-state index contributed by atoms with van der Waals surface area (Å²) in [4.78, 5) is 0. The first-order valence-corrected chi connectivity index (χ1v) is 7.78. The minimum absolute atomic E-state index is 0.130. The molecule has 1 aliphatic rings. The first-order chi connectivity index (χ1) is 11.2. The van der Waals surface area contributed by atoms with E-state index < -0.39 is 0 Å². The predicted molar refractivity (Wildman–Crippen MR) is 88.1 cm³/mol. The van der Waals surface area contributed by atoms with E-state index in [0.29, 0.717) is 5.95 Å². The van der Waals surface area contributed by atoms with E-state index in [1.54, 1.807) is 16.8 Å². The van der Waals surface area contributed by atoms with Crippen LogP contribution in [0.4, 0.5) is 10.3 Å². The zero-order valence-electron chi connectivity index (χ0n) is 11.8. The molecule has 0 radical (unpaired) electrons. The predicted octanol–water partition coefficient (Wildman–Crippen LogP) is 3.63. The topological polar surface area (TPSA) is 55.6 Å². The van der Waals surface area contributed by atoms with E-state index in [9.17, 15) is 4.39 Å². The zero-order valence-corrected chi connectivity index (χ0v) is 13.4. The smallest absolute Gasteiger partial charge is 0.248 e. The molecule has 23 heavy (non-hydrogen) atoms. The van der Waals surface area contributed by atoms with Gasteiger partial charge in [-0.2, -0.15) is 4.68 Å². The van der Waals surface area contributed by atoms with Gasteiger partial charge in [0.2, 0.25) is 5.95 Å². The molecule has 1 aliphatic heterocycles. The number of allylic oxidation sites excluding steroid dienone is 1. The maximum absolute atomic E-state index is 13.1. The van der Waals surface area contributed by atoms with Gasteiger partial charge in [0.15, 0.2) is 0 Å². The molecule has 0 fully saturated rings. The monoisotopic (exact) mass is 371 g/mol. The minimum atomic E-state index is -0.264. The van der Waals surface area contributed by atoms with Crippen molar-refractivity contribution in [2.75, 3.05) is 5.32 Å². The Hall–Kier alpha value is -2.54. The maximum Gasteiger partial charge on any atom is 0.248 e. The lowest BCUT2D eigenvalue weighted by Crippen LogP contribution is -2.20. The Labute approximate surface area is 140 Å². The van der Waals surface area contributed by atoms with Crippen molar-refractivity contribution in [3.63, 3.8) is 0 Å². The van der Waals surface area contributed by atoms with Gasteiger partial charge >= 0.3 is 0 Å². The average Bonchev–Trinajstić information content (AvgIpc) is 3.04. The number of halogens is 2. The highest BCUT2D eigenvalue weighted by atomic mass is 79.9. The summed E-state index contributed by atoms with van der Waals surface area (Å²) < 4.78 is 15.9. The second kappa shape index (κ2) is 5.58. The fourth-order valence-corrected chi connectivity index (χ4v) is 2.81. The number of hydrogen-bond acceptors (Lipinski definition) is 4. The summed E-state index contributed by atoms with van der Waals surface area (Å²) >= 11 is 3.44. The summed E-state index contributed by atoms with van der Waals surface area (Å²) in [5, 5.41) is 15.0. The third kappa shape index (κ3) is 2.63. The van der Waals surface area contributed by atoms with Crippen molar-refractivity contribution in [3.8, 4) is 0 Å². The van der Waals surface area contributed by atoms with Crippen molar-refractivity contribution in [1.82, 2.24) is 20.2 Å². The Morgan fingerprint density at radius 3 is 2.52 bits per heavy atom. The maximum atomic E-state index is 13.1. The number of rotatable bonds is 2. The number of tetrazole rings is 1. The molecule has 4 rings (SSSR count). The second-order valence-electron chi connectivity index (χ2n) is 5.16. The Balaban J connectivity index is 1.79. The molecule has 2 heterocycles. The SMILES string of the molecule is Fc1ccc(C2=C[C@@H](c3ccc(Br)cc3)n3nnnc3N2)cc1. The molecule has 0 saturated carbocycles. The molecule has 0 saturated heterocycles. The molecular weight excluding hydrogens is 361 g/mol. The van der Waals surface area contributed by atoms with Crippen LogP contribution in [0.5, 0.6) is 0 Å². The van der Waals surface area contributed by atoms with Crippen LogP contribution < -0.4 is 5.32 Å². The number of fused-ring (bicyclic) bond motifs is 1. The van der Waals surface area contributed by atoms with Crippen LogP contribution in [0.1, 0.15) is 17.2 Å². The summed E-state index contributed by atoms with van der Waals surface area (Å²) in [5.74, 6) is 0.291. The summed E-state index contributed by atoms with van der Waals surface area (Å²) in [6, 6.07) is 14.2. The normalized spacial score (nSPS) is 16.4. The van der Waals surface area contributed by atoms with Crippen LogP contribution in [-0.4, -0.2) is 20.2 Å². The lowest BCUT2D eigenvalue weighted by Gasteiger charge is -2.23. The number of aromatic nitrogens is 4. The molecule has 1 atom stereocenters. The van der Waals surface area contributed by atoms with E-state index in [-0.39, 0.29) is 11.9 Å². The summed E-state index contributed by atoms with van der Waals surface area (Å²) in [6.07, 6.45) is 2.03. The van der Waals surface area contributed by atoms with Crippen LogP contribution >= 0.6 is 15.9 Å². The third-order valence-electron chi connectivity index (χ3n) is 3.69. The molecule has 3 aromatic rings. The quantitative estimate of drug-likeness (QED) is 0.747. The van der Waals surface area contributed by atoms with Crippen LogP contribution in [0.2, 0.25) is 0 Å². The number of anilines is 1. The van der Waals surface area contributed by atoms with Crippen LogP contribution in [0.25, 0.3) is 5.70 Å². The highest BCUT2D eigenvalue weighted by Gasteiger charge is 2.24. The molecule has 114 valence electrons. The molecule has 7 heteroatoms. The standard InChI is InChI=1S/C16H11BrFN5/c17-12-5-1-11(2-6-12)15-9-14(10-3-7-13(18)8-4-10)19-16-20-21-22-23(15)16/h1-9,15H,(H,19,20,22)/t15-/m0/s1. The van der Waals surface area contributed by atoms with Crippen molar-refractivity contribution in [1.29, 1.82) is 0 Å². The number of nitrogens with zero attached hydrogens (tertiary/aromatic N) is 4. The van der Waals surface area contributed by atoms with Gasteiger partial charge in [-0.1, -0.05) is 33.2 Å². The van der Waals surface area contributed by atoms with Crippen molar-refractivity contribution in [2.45, 2.75) is 6.04 Å². The third-order valence-corrected chi connectivity index (χ3v) is 4.22. The number of benzene rings is 2. The molecule has 5 nitrogen and oxygen atoms in total. The van der Waals surface area contributed by atoms with Gasteiger partial charge in [0.1, 0.15) is 11.9 Å². The van der Waals surface area contributed by atoms with E-state index in [4.69, 9.17) is 0 Å². The average molecular weight is 372 g/mol. The highest BCUT2D eigenvalue weighted by molar-refractivity contribution is 9.10. The Morgan fingerprint density at radius 2 is 1.78 bits per heavy atom. The number of hydrogen-bond donors (Lipinski definition) is 1. The van der Waals surface area contributed by atoms with Gasteiger partial charge in [0, 0.05) is 10.2 Å². The molecule has 0 aliphatic carbocycles. The van der Waals surface area contributed by atoms with E-state index in [2.05, 4.69) is 36.8 Å². The summed E-state index contributed by atoms with van der Waals surface area (Å²) in [7, 11) is 0. The van der Waals surface area contributed by atoms with E-state index in [0.717, 1.165) is 21.3 Å². The fraction of sp³-hybridized carbons (Fsp3) is 0.0625. The second-order valence-corrected chi connectivity index (χ2v) is 6.07. The van der Waals surface area contributed by atoms with Gasteiger partial charge in [-0.05, 0) is 64.0 Å². The van der Waals surface area contributed by atoms with E-state index in [1.807, 2.05) is 30.3 Å². The number of nitrogens with one attached hydrogen (secondary N) is 1. The first kappa shape index (κ1) is 14.1. The van der Waals surface area contributed by atoms with E-state index in [1.165, 1.54) is 12.1 Å². The Bertz CT molecular complexity index is 870. The zero-order chi connectivity index (χ0) is 15.8. The fourth-order valence-electron chi connectivity index (χ4n) is 2.55. The van der Waals surface area contributed by atoms with Gasteiger partial charge in [-0.25, -0.2) is 4.39 Å². The van der Waals surface area contributed by atoms with Crippen molar-refractivity contribution < 1.29 is 4.39 Å². The van der Waals surface area contributed by atoms with Crippen molar-refractivity contribution in [2.24, 2.45) is 0 Å². The lowest BCUT2D eigenvalue weighted by atomic mass is 10.0. The highest BCUT2D eigenvalue weighted by Crippen LogP contribution is 2.31. The molecule has 1 N–H and O–H groups in total. The van der Waals surface area contributed by atoms with Crippen molar-refractivity contribution >= 4 is 27.6 Å². The van der Waals surface area contributed by atoms with Gasteiger partial charge in [0.25, 0.3) is 0 Å². The summed E-state index contributed by atoms with van der Waals surface area (Å²) in [6.45, 7) is 0. The molecule has 0 spiro atoms. The molecule has 1 aromatic heterocycles. The Kier molecular flexibility index (Phi) is 3.42. The van der Waals surface area contributed by atoms with Crippen LogP contribution in [-0.2, 0) is 0 Å². The largest absolute Gasteiger partial charge is 0.323 e. The Morgan fingerprint density at radius 1 is 1.04 bits per heavy atom. The van der Waals surface area contributed by atoms with E-state index >= 15 is 0 Å². The summed E-state index contributed by atoms with van der Waals surface area (Å²) in [5.41, 5.74) is 2.78. The first-order valence-electron chi connectivity index (χ1n) is 6.99.